The molecule has 1 fully saturated rings. The van der Waals surface area contributed by atoms with E-state index in [-0.39, 0.29) is 12.5 Å². The lowest BCUT2D eigenvalue weighted by Gasteiger charge is -2.33. The number of methoxy groups -OCH3 is 1. The molecule has 29 heavy (non-hydrogen) atoms. The number of rotatable bonds is 4. The van der Waals surface area contributed by atoms with Crippen LogP contribution in [0.3, 0.4) is 0 Å². The SMILES string of the molecule is COc1ccc2c(c1)C(=O)N(C[C@@]1(c3cc4cnccc4o3)NC(=O)NC1O)C2. The summed E-state index contributed by atoms with van der Waals surface area (Å²) in [6.45, 7) is 0.375. The molecule has 2 aliphatic heterocycles. The maximum absolute atomic E-state index is 13.0. The van der Waals surface area contributed by atoms with Crippen molar-refractivity contribution in [1.29, 1.82) is 0 Å². The van der Waals surface area contributed by atoms with E-state index in [2.05, 4.69) is 15.6 Å². The van der Waals surface area contributed by atoms with Gasteiger partial charge in [-0.25, -0.2) is 4.79 Å². The van der Waals surface area contributed by atoms with Crippen LogP contribution in [-0.2, 0) is 12.1 Å². The molecule has 2 aliphatic rings. The third-order valence-corrected chi connectivity index (χ3v) is 5.46. The predicted octanol–water partition coefficient (Wildman–Crippen LogP) is 1.32. The zero-order valence-electron chi connectivity index (χ0n) is 15.5. The van der Waals surface area contributed by atoms with Crippen LogP contribution >= 0.6 is 0 Å². The molecule has 3 aromatic rings. The van der Waals surface area contributed by atoms with E-state index in [1.165, 1.54) is 0 Å². The first-order valence-electron chi connectivity index (χ1n) is 9.07. The number of nitrogens with zero attached hydrogens (tertiary/aromatic N) is 2. The highest BCUT2D eigenvalue weighted by Crippen LogP contribution is 2.36. The van der Waals surface area contributed by atoms with Gasteiger partial charge in [0.25, 0.3) is 5.91 Å². The second-order valence-electron chi connectivity index (χ2n) is 7.18. The number of aromatic nitrogens is 1. The van der Waals surface area contributed by atoms with Crippen LogP contribution in [0.4, 0.5) is 4.79 Å². The van der Waals surface area contributed by atoms with Gasteiger partial charge in [-0.15, -0.1) is 0 Å². The van der Waals surface area contributed by atoms with Gasteiger partial charge < -0.3 is 29.8 Å². The van der Waals surface area contributed by atoms with E-state index in [0.29, 0.717) is 29.2 Å². The second-order valence-corrected chi connectivity index (χ2v) is 7.18. The van der Waals surface area contributed by atoms with Crippen LogP contribution in [-0.4, -0.2) is 46.8 Å². The van der Waals surface area contributed by atoms with Gasteiger partial charge in [-0.3, -0.25) is 9.78 Å². The summed E-state index contributed by atoms with van der Waals surface area (Å²) in [5.74, 6) is 0.728. The molecule has 9 heteroatoms. The molecule has 0 bridgehead atoms. The number of carbonyl (C=O) groups is 2. The van der Waals surface area contributed by atoms with E-state index in [9.17, 15) is 14.7 Å². The van der Waals surface area contributed by atoms with E-state index >= 15 is 0 Å². The van der Waals surface area contributed by atoms with Crippen LogP contribution in [0.25, 0.3) is 11.0 Å². The van der Waals surface area contributed by atoms with E-state index in [1.54, 1.807) is 48.7 Å². The quantitative estimate of drug-likeness (QED) is 0.614. The summed E-state index contributed by atoms with van der Waals surface area (Å²) < 4.78 is 11.1. The molecule has 1 saturated heterocycles. The van der Waals surface area contributed by atoms with Gasteiger partial charge in [-0.2, -0.15) is 0 Å². The first kappa shape index (κ1) is 17.5. The third kappa shape index (κ3) is 2.62. The van der Waals surface area contributed by atoms with Gasteiger partial charge in [-0.05, 0) is 29.8 Å². The van der Waals surface area contributed by atoms with Crippen molar-refractivity contribution in [2.45, 2.75) is 18.3 Å². The molecule has 1 aromatic carbocycles. The maximum Gasteiger partial charge on any atom is 0.317 e. The number of furan rings is 1. The summed E-state index contributed by atoms with van der Waals surface area (Å²) in [5, 5.41) is 16.6. The number of urea groups is 1. The lowest BCUT2D eigenvalue weighted by atomic mass is 9.94. The van der Waals surface area contributed by atoms with Crippen molar-refractivity contribution < 1.29 is 23.8 Å². The zero-order chi connectivity index (χ0) is 20.2. The topological polar surface area (TPSA) is 117 Å². The van der Waals surface area contributed by atoms with Crippen LogP contribution in [0.15, 0.2) is 47.1 Å². The predicted molar refractivity (Wildman–Crippen MR) is 101 cm³/mol. The van der Waals surface area contributed by atoms with Crippen LogP contribution in [0.2, 0.25) is 0 Å². The van der Waals surface area contributed by atoms with Crippen molar-refractivity contribution in [3.8, 4) is 5.75 Å². The number of carbonyl (C=O) groups excluding carboxylic acids is 2. The first-order valence-corrected chi connectivity index (χ1v) is 9.07. The summed E-state index contributed by atoms with van der Waals surface area (Å²) in [5.41, 5.74) is 0.632. The molecule has 3 N–H and O–H groups in total. The number of benzene rings is 1. The molecule has 2 aromatic heterocycles. The number of pyridine rings is 1. The molecule has 0 aliphatic carbocycles. The molecule has 148 valence electrons. The average Bonchev–Trinajstić information content (AvgIpc) is 3.36. The Balaban J connectivity index is 1.53. The Morgan fingerprint density at radius 3 is 2.93 bits per heavy atom. The standard InChI is InChI=1S/C20H18N4O5/c1-28-13-3-2-11-9-24(17(25)14(11)7-13)10-20(18(26)22-19(27)23-20)16-6-12-8-21-5-4-15(12)29-16/h2-8,18,26H,9-10H2,1H3,(H2,22,23,27)/t18?,20-/m0/s1. The Morgan fingerprint density at radius 2 is 2.21 bits per heavy atom. The van der Waals surface area contributed by atoms with Crippen molar-refractivity contribution in [2.24, 2.45) is 0 Å². The first-order chi connectivity index (χ1) is 14.0. The van der Waals surface area contributed by atoms with Gasteiger partial charge >= 0.3 is 6.03 Å². The van der Waals surface area contributed by atoms with Crippen molar-refractivity contribution in [3.63, 3.8) is 0 Å². The van der Waals surface area contributed by atoms with Crippen molar-refractivity contribution in [2.75, 3.05) is 13.7 Å². The molecular weight excluding hydrogens is 376 g/mol. The zero-order valence-corrected chi connectivity index (χ0v) is 15.5. The largest absolute Gasteiger partial charge is 0.497 e. The Bertz CT molecular complexity index is 1110. The minimum atomic E-state index is -1.34. The monoisotopic (exact) mass is 394 g/mol. The summed E-state index contributed by atoms with van der Waals surface area (Å²) in [4.78, 5) is 30.7. The number of ether oxygens (including phenoxy) is 1. The lowest BCUT2D eigenvalue weighted by Crippen LogP contribution is -2.54. The van der Waals surface area contributed by atoms with E-state index < -0.39 is 17.8 Å². The van der Waals surface area contributed by atoms with Gasteiger partial charge in [0.05, 0.1) is 13.7 Å². The lowest BCUT2D eigenvalue weighted by molar-refractivity contribution is 0.0353. The highest BCUT2D eigenvalue weighted by atomic mass is 16.5. The minimum Gasteiger partial charge on any atom is -0.497 e. The Kier molecular flexibility index (Phi) is 3.75. The van der Waals surface area contributed by atoms with Crippen molar-refractivity contribution in [3.05, 3.63) is 59.6 Å². The van der Waals surface area contributed by atoms with Gasteiger partial charge in [0.2, 0.25) is 0 Å². The fourth-order valence-electron chi connectivity index (χ4n) is 3.95. The molecule has 9 nitrogen and oxygen atoms in total. The van der Waals surface area contributed by atoms with Gasteiger partial charge in [0, 0.05) is 29.9 Å². The Hall–Kier alpha value is -3.59. The van der Waals surface area contributed by atoms with E-state index in [4.69, 9.17) is 9.15 Å². The molecule has 0 radical (unpaired) electrons. The summed E-state index contributed by atoms with van der Waals surface area (Å²) >= 11 is 0. The fourth-order valence-corrected chi connectivity index (χ4v) is 3.95. The van der Waals surface area contributed by atoms with Gasteiger partial charge in [-0.1, -0.05) is 6.07 Å². The van der Waals surface area contributed by atoms with Crippen molar-refractivity contribution in [1.82, 2.24) is 20.5 Å². The molecule has 4 heterocycles. The summed E-state index contributed by atoms with van der Waals surface area (Å²) in [6, 6.07) is 8.21. The number of hydrogen-bond donors (Lipinski definition) is 3. The van der Waals surface area contributed by atoms with Crippen LogP contribution in [0, 0.1) is 0 Å². The fraction of sp³-hybridized carbons (Fsp3) is 0.250. The third-order valence-electron chi connectivity index (χ3n) is 5.46. The number of nitrogens with one attached hydrogen (secondary N) is 2. The summed E-state index contributed by atoms with van der Waals surface area (Å²) in [6.07, 6.45) is 1.95. The molecular formula is C20H18N4O5. The van der Waals surface area contributed by atoms with Crippen LogP contribution in [0.5, 0.6) is 5.75 Å². The molecule has 5 rings (SSSR count). The highest BCUT2D eigenvalue weighted by molar-refractivity contribution is 5.99. The maximum atomic E-state index is 13.0. The average molecular weight is 394 g/mol. The molecule has 0 spiro atoms. The number of fused-ring (bicyclic) bond motifs is 2. The Labute approximate surface area is 165 Å². The van der Waals surface area contributed by atoms with Crippen molar-refractivity contribution >= 4 is 22.9 Å². The molecule has 3 amide bonds. The van der Waals surface area contributed by atoms with E-state index in [1.807, 2.05) is 6.07 Å². The van der Waals surface area contributed by atoms with Gasteiger partial charge in [0.1, 0.15) is 17.1 Å². The number of amides is 3. The smallest absolute Gasteiger partial charge is 0.317 e. The summed E-state index contributed by atoms with van der Waals surface area (Å²) in [7, 11) is 1.54. The normalized spacial score (nSPS) is 23.2. The second kappa shape index (κ2) is 6.21. The highest BCUT2D eigenvalue weighted by Gasteiger charge is 2.52. The number of hydrogen-bond acceptors (Lipinski definition) is 6. The molecule has 1 unspecified atom stereocenters. The number of aliphatic hydroxyl groups is 1. The van der Waals surface area contributed by atoms with Gasteiger partial charge in [0.15, 0.2) is 11.8 Å². The van der Waals surface area contributed by atoms with Crippen LogP contribution in [0.1, 0.15) is 21.7 Å². The van der Waals surface area contributed by atoms with Crippen LogP contribution < -0.4 is 15.4 Å². The number of aliphatic hydroxyl groups excluding tert-OH is 1. The molecule has 2 atom stereocenters. The molecule has 0 saturated carbocycles. The van der Waals surface area contributed by atoms with E-state index in [0.717, 1.165) is 10.9 Å². The Morgan fingerprint density at radius 1 is 1.34 bits per heavy atom. The minimum absolute atomic E-state index is 0.0238.